The molecular formula is C11H13N3O4. The van der Waals surface area contributed by atoms with Crippen molar-refractivity contribution in [2.45, 2.75) is 6.04 Å². The lowest BCUT2D eigenvalue weighted by Crippen LogP contribution is -2.39. The largest absolute Gasteiger partial charge is 0.504 e. The molecule has 1 aromatic rings. The van der Waals surface area contributed by atoms with Gasteiger partial charge in [0.1, 0.15) is 0 Å². The Kier molecular flexibility index (Phi) is 3.22. The van der Waals surface area contributed by atoms with Crippen molar-refractivity contribution in [2.24, 2.45) is 4.99 Å². The first kappa shape index (κ1) is 12.0. The van der Waals surface area contributed by atoms with Crippen molar-refractivity contribution in [1.82, 2.24) is 10.6 Å². The summed E-state index contributed by atoms with van der Waals surface area (Å²) in [5, 5.41) is 24.0. The number of guanidine groups is 1. The maximum absolute atomic E-state index is 11.0. The highest BCUT2D eigenvalue weighted by Gasteiger charge is 2.21. The molecule has 0 aliphatic carbocycles. The van der Waals surface area contributed by atoms with Crippen LogP contribution in [0.3, 0.4) is 0 Å². The monoisotopic (exact) mass is 251 g/mol. The molecule has 0 saturated carbocycles. The molecule has 0 radical (unpaired) electrons. The van der Waals surface area contributed by atoms with Crippen LogP contribution < -0.4 is 10.6 Å². The number of phenolic OH excluding ortho intramolecular Hbond substituents is 2. The van der Waals surface area contributed by atoms with Gasteiger partial charge in [0.05, 0.1) is 19.7 Å². The predicted molar refractivity (Wildman–Crippen MR) is 63.5 cm³/mol. The normalized spacial score (nSPS) is 17.8. The van der Waals surface area contributed by atoms with E-state index in [4.69, 9.17) is 0 Å². The number of carbonyl (C=O) groups excluding carboxylic acids is 1. The van der Waals surface area contributed by atoms with Crippen LogP contribution in [0.5, 0.6) is 11.5 Å². The van der Waals surface area contributed by atoms with E-state index >= 15 is 0 Å². The number of methoxy groups -OCH3 is 1. The number of carbonyl (C=O) groups is 1. The number of nitrogens with one attached hydrogen (secondary N) is 2. The third kappa shape index (κ3) is 2.45. The van der Waals surface area contributed by atoms with Crippen LogP contribution in [-0.2, 0) is 4.74 Å². The van der Waals surface area contributed by atoms with E-state index < -0.39 is 6.09 Å². The summed E-state index contributed by atoms with van der Waals surface area (Å²) in [5.41, 5.74) is 0.760. The molecule has 0 saturated heterocycles. The van der Waals surface area contributed by atoms with Crippen molar-refractivity contribution in [3.63, 3.8) is 0 Å². The van der Waals surface area contributed by atoms with Crippen molar-refractivity contribution in [2.75, 3.05) is 13.7 Å². The molecule has 96 valence electrons. The minimum atomic E-state index is -0.601. The Morgan fingerprint density at radius 3 is 2.94 bits per heavy atom. The molecular weight excluding hydrogens is 238 g/mol. The minimum Gasteiger partial charge on any atom is -0.504 e. The van der Waals surface area contributed by atoms with E-state index in [0.29, 0.717) is 12.5 Å². The van der Waals surface area contributed by atoms with Gasteiger partial charge in [-0.2, -0.15) is 0 Å². The van der Waals surface area contributed by atoms with Crippen LogP contribution in [0.15, 0.2) is 23.2 Å². The number of aromatic hydroxyl groups is 2. The van der Waals surface area contributed by atoms with Gasteiger partial charge >= 0.3 is 6.09 Å². The third-order valence-corrected chi connectivity index (χ3v) is 2.55. The lowest BCUT2D eigenvalue weighted by molar-refractivity contribution is 0.176. The van der Waals surface area contributed by atoms with Gasteiger partial charge < -0.3 is 20.3 Å². The Morgan fingerprint density at radius 2 is 2.28 bits per heavy atom. The molecule has 1 aliphatic rings. The van der Waals surface area contributed by atoms with Gasteiger partial charge in [-0.05, 0) is 17.7 Å². The second-order valence-corrected chi connectivity index (χ2v) is 3.75. The van der Waals surface area contributed by atoms with Crippen LogP contribution in [0.1, 0.15) is 11.6 Å². The van der Waals surface area contributed by atoms with Crippen molar-refractivity contribution >= 4 is 12.1 Å². The first-order chi connectivity index (χ1) is 8.60. The molecule has 0 fully saturated rings. The van der Waals surface area contributed by atoms with Crippen LogP contribution in [0.25, 0.3) is 0 Å². The van der Waals surface area contributed by atoms with Gasteiger partial charge in [-0.25, -0.2) is 4.79 Å². The molecule has 0 spiro atoms. The Hall–Kier alpha value is -2.44. The fraction of sp³-hybridized carbons (Fsp3) is 0.273. The molecule has 1 atom stereocenters. The molecule has 7 nitrogen and oxygen atoms in total. The van der Waals surface area contributed by atoms with Gasteiger partial charge in [0.25, 0.3) is 0 Å². The Morgan fingerprint density at radius 1 is 1.50 bits per heavy atom. The number of aliphatic imine (C=N–C) groups is 1. The highest BCUT2D eigenvalue weighted by molar-refractivity contribution is 5.94. The molecule has 1 heterocycles. The maximum atomic E-state index is 11.0. The average Bonchev–Trinajstić information content (AvgIpc) is 2.81. The zero-order valence-corrected chi connectivity index (χ0v) is 9.67. The van der Waals surface area contributed by atoms with Crippen LogP contribution in [0, 0.1) is 0 Å². The second kappa shape index (κ2) is 4.82. The van der Waals surface area contributed by atoms with Crippen molar-refractivity contribution in [3.8, 4) is 11.5 Å². The molecule has 1 amide bonds. The summed E-state index contributed by atoms with van der Waals surface area (Å²) in [6.07, 6.45) is -0.601. The number of phenols is 2. The van der Waals surface area contributed by atoms with Crippen LogP contribution in [-0.4, -0.2) is 35.9 Å². The summed E-state index contributed by atoms with van der Waals surface area (Å²) >= 11 is 0. The molecule has 0 aromatic heterocycles. The SMILES string of the molecule is COC(=O)NC1=NCC(c2ccc(O)c(O)c2)N1. The van der Waals surface area contributed by atoms with Crippen molar-refractivity contribution < 1.29 is 19.7 Å². The maximum Gasteiger partial charge on any atom is 0.413 e. The highest BCUT2D eigenvalue weighted by atomic mass is 16.5. The first-order valence-corrected chi connectivity index (χ1v) is 5.28. The van der Waals surface area contributed by atoms with E-state index in [-0.39, 0.29) is 17.5 Å². The van der Waals surface area contributed by atoms with Crippen molar-refractivity contribution in [3.05, 3.63) is 23.8 Å². The minimum absolute atomic E-state index is 0.163. The van der Waals surface area contributed by atoms with Crippen LogP contribution in [0.2, 0.25) is 0 Å². The number of nitrogens with zero attached hydrogens (tertiary/aromatic N) is 1. The number of hydrogen-bond acceptors (Lipinski definition) is 6. The standard InChI is InChI=1S/C11H13N3O4/c1-18-11(17)14-10-12-5-7(13-10)6-2-3-8(15)9(16)4-6/h2-4,7,15-16H,5H2,1H3,(H2,12,13,14,17). The average molecular weight is 251 g/mol. The van der Waals surface area contributed by atoms with Gasteiger partial charge in [-0.1, -0.05) is 6.07 Å². The Balaban J connectivity index is 2.02. The second-order valence-electron chi connectivity index (χ2n) is 3.75. The lowest BCUT2D eigenvalue weighted by atomic mass is 10.1. The molecule has 1 unspecified atom stereocenters. The predicted octanol–water partition coefficient (Wildman–Crippen LogP) is 0.454. The van der Waals surface area contributed by atoms with E-state index in [1.165, 1.54) is 19.2 Å². The van der Waals surface area contributed by atoms with Crippen molar-refractivity contribution in [1.29, 1.82) is 0 Å². The zero-order chi connectivity index (χ0) is 13.1. The van der Waals surface area contributed by atoms with E-state index in [9.17, 15) is 15.0 Å². The number of ether oxygens (including phenoxy) is 1. The van der Waals surface area contributed by atoms with Crippen LogP contribution in [0.4, 0.5) is 4.79 Å². The number of hydrogen-bond donors (Lipinski definition) is 4. The summed E-state index contributed by atoms with van der Waals surface area (Å²) in [6.45, 7) is 0.420. The summed E-state index contributed by atoms with van der Waals surface area (Å²) in [6, 6.07) is 4.36. The first-order valence-electron chi connectivity index (χ1n) is 5.28. The van der Waals surface area contributed by atoms with E-state index in [0.717, 1.165) is 5.56 Å². The number of amides is 1. The smallest absolute Gasteiger partial charge is 0.413 e. The topological polar surface area (TPSA) is 103 Å². The van der Waals surface area contributed by atoms with Gasteiger partial charge in [0.2, 0.25) is 5.96 Å². The molecule has 7 heteroatoms. The molecule has 0 bridgehead atoms. The lowest BCUT2D eigenvalue weighted by Gasteiger charge is -2.12. The van der Waals surface area contributed by atoms with Gasteiger partial charge in [0, 0.05) is 0 Å². The Labute approximate surface area is 103 Å². The molecule has 2 rings (SSSR count). The van der Waals surface area contributed by atoms with Gasteiger partial charge in [-0.15, -0.1) is 0 Å². The number of alkyl carbamates (subject to hydrolysis) is 1. The fourth-order valence-electron chi connectivity index (χ4n) is 1.61. The van der Waals surface area contributed by atoms with E-state index in [2.05, 4.69) is 20.4 Å². The third-order valence-electron chi connectivity index (χ3n) is 2.55. The van der Waals surface area contributed by atoms with Gasteiger partial charge in [-0.3, -0.25) is 10.3 Å². The number of rotatable bonds is 1. The molecule has 1 aliphatic heterocycles. The molecule has 18 heavy (non-hydrogen) atoms. The van der Waals surface area contributed by atoms with Crippen LogP contribution >= 0.6 is 0 Å². The summed E-state index contributed by atoms with van der Waals surface area (Å²) < 4.78 is 4.44. The van der Waals surface area contributed by atoms with Gasteiger partial charge in [0.15, 0.2) is 11.5 Å². The fourth-order valence-corrected chi connectivity index (χ4v) is 1.61. The molecule has 4 N–H and O–H groups in total. The highest BCUT2D eigenvalue weighted by Crippen LogP contribution is 2.28. The van der Waals surface area contributed by atoms with E-state index in [1.54, 1.807) is 6.07 Å². The summed E-state index contributed by atoms with van der Waals surface area (Å²) in [7, 11) is 1.26. The summed E-state index contributed by atoms with van der Waals surface area (Å²) in [5.74, 6) is -0.0475. The van der Waals surface area contributed by atoms with E-state index in [1.807, 2.05) is 0 Å². The zero-order valence-electron chi connectivity index (χ0n) is 9.67. The number of benzene rings is 1. The Bertz CT molecular complexity index is 501. The quantitative estimate of drug-likeness (QED) is 0.543. The summed E-state index contributed by atoms with van der Waals surface area (Å²) in [4.78, 5) is 15.1. The molecule has 1 aromatic carbocycles.